The van der Waals surface area contributed by atoms with Gasteiger partial charge in [-0.05, 0) is 25.2 Å². The van der Waals surface area contributed by atoms with Crippen LogP contribution < -0.4 is 5.32 Å². The molecular weight excluding hydrogens is 237 g/mol. The van der Waals surface area contributed by atoms with Crippen molar-refractivity contribution in [3.05, 3.63) is 0 Å². The molecule has 90 valence electrons. The zero-order chi connectivity index (χ0) is 11.7. The minimum atomic E-state index is -3.05. The highest BCUT2D eigenvalue weighted by Gasteiger charge is 2.24. The number of carbonyl (C=O) groups excluding carboxylic acids is 1. The predicted molar refractivity (Wildman–Crippen MR) is 62.0 cm³/mol. The van der Waals surface area contributed by atoms with E-state index in [1.165, 1.54) is 0 Å². The molecule has 0 saturated heterocycles. The summed E-state index contributed by atoms with van der Waals surface area (Å²) in [6, 6.07) is 0. The highest BCUT2D eigenvalue weighted by Crippen LogP contribution is 2.60. The normalized spacial score (nSPS) is 11.4. The third kappa shape index (κ3) is 6.95. The molecule has 7 heteroatoms. The van der Waals surface area contributed by atoms with Gasteiger partial charge in [-0.25, -0.2) is 4.57 Å². The van der Waals surface area contributed by atoms with Crippen molar-refractivity contribution in [1.82, 2.24) is 5.32 Å². The monoisotopic (exact) mass is 255 g/mol. The Balaban J connectivity index is 3.96. The molecule has 0 rings (SSSR count). The first-order valence-electron chi connectivity index (χ1n) is 4.82. The molecule has 0 fully saturated rings. The smallest absolute Gasteiger partial charge is 0.359 e. The van der Waals surface area contributed by atoms with Crippen molar-refractivity contribution in [2.24, 2.45) is 0 Å². The zero-order valence-electron chi connectivity index (χ0n) is 9.32. The molecule has 0 atom stereocenters. The molecule has 0 aromatic heterocycles. The molecule has 0 aromatic rings. The van der Waals surface area contributed by atoms with Gasteiger partial charge in [0.05, 0.1) is 13.2 Å². The average molecular weight is 255 g/mol. The average Bonchev–Trinajstić information content (AvgIpc) is 2.18. The van der Waals surface area contributed by atoms with Crippen LogP contribution >= 0.6 is 18.2 Å². The van der Waals surface area contributed by atoms with E-state index < -0.39 is 6.80 Å². The van der Waals surface area contributed by atoms with Crippen LogP contribution in [0.1, 0.15) is 20.3 Å². The highest BCUT2D eigenvalue weighted by molar-refractivity contribution is 8.55. The van der Waals surface area contributed by atoms with Gasteiger partial charge in [0.2, 0.25) is 5.91 Å². The lowest BCUT2D eigenvalue weighted by Gasteiger charge is -2.15. The quantitative estimate of drug-likeness (QED) is 0.672. The van der Waals surface area contributed by atoms with Crippen LogP contribution in [0.2, 0.25) is 0 Å². The van der Waals surface area contributed by atoms with E-state index >= 15 is 0 Å². The van der Waals surface area contributed by atoms with E-state index in [1.807, 2.05) is 0 Å². The maximum absolute atomic E-state index is 11.9. The Labute approximate surface area is 94.6 Å². The lowest BCUT2D eigenvalue weighted by atomic mass is 10.5. The minimum Gasteiger partial charge on any atom is -0.359 e. The van der Waals surface area contributed by atoms with E-state index in [-0.39, 0.29) is 5.91 Å². The van der Waals surface area contributed by atoms with E-state index in [0.717, 1.165) is 11.4 Å². The first-order valence-corrected chi connectivity index (χ1v) is 7.95. The molecular formula is C8H18NO4PS. The second kappa shape index (κ2) is 8.16. The van der Waals surface area contributed by atoms with Gasteiger partial charge in [-0.1, -0.05) is 0 Å². The Kier molecular flexibility index (Phi) is 8.14. The molecule has 1 amide bonds. The summed E-state index contributed by atoms with van der Waals surface area (Å²) in [5.74, 6) is 0.346. The Morgan fingerprint density at radius 2 is 1.87 bits per heavy atom. The van der Waals surface area contributed by atoms with Crippen molar-refractivity contribution in [3.8, 4) is 0 Å². The van der Waals surface area contributed by atoms with Gasteiger partial charge < -0.3 is 14.4 Å². The van der Waals surface area contributed by atoms with Crippen LogP contribution in [-0.4, -0.2) is 31.9 Å². The van der Waals surface area contributed by atoms with Crippen LogP contribution in [0.5, 0.6) is 0 Å². The number of rotatable bonds is 8. The van der Waals surface area contributed by atoms with Crippen LogP contribution in [0.15, 0.2) is 0 Å². The molecule has 15 heavy (non-hydrogen) atoms. The molecule has 5 nitrogen and oxygen atoms in total. The molecule has 0 saturated carbocycles. The fraction of sp³-hybridized carbons (Fsp3) is 0.875. The Bertz CT molecular complexity index is 227. The molecule has 0 spiro atoms. The largest absolute Gasteiger partial charge is 0.389 e. The molecule has 0 radical (unpaired) electrons. The molecule has 1 N–H and O–H groups in total. The van der Waals surface area contributed by atoms with Gasteiger partial charge in [-0.2, -0.15) is 0 Å². The van der Waals surface area contributed by atoms with Crippen molar-refractivity contribution < 1.29 is 18.4 Å². The highest BCUT2D eigenvalue weighted by atomic mass is 32.7. The van der Waals surface area contributed by atoms with Gasteiger partial charge in [-0.15, -0.1) is 0 Å². The van der Waals surface area contributed by atoms with E-state index in [4.69, 9.17) is 9.05 Å². The molecule has 0 aliphatic heterocycles. The van der Waals surface area contributed by atoms with Crippen molar-refractivity contribution >= 4 is 24.1 Å². The molecule has 0 unspecified atom stereocenters. The zero-order valence-corrected chi connectivity index (χ0v) is 11.0. The van der Waals surface area contributed by atoms with Crippen LogP contribution in [0, 0.1) is 0 Å². The van der Waals surface area contributed by atoms with Crippen molar-refractivity contribution in [3.63, 3.8) is 0 Å². The first-order chi connectivity index (χ1) is 7.08. The lowest BCUT2D eigenvalue weighted by Crippen LogP contribution is -2.17. The number of hydrogen-bond donors (Lipinski definition) is 1. The Morgan fingerprint density at radius 3 is 2.27 bits per heavy atom. The topological polar surface area (TPSA) is 64.6 Å². The van der Waals surface area contributed by atoms with Gasteiger partial charge in [0.15, 0.2) is 0 Å². The van der Waals surface area contributed by atoms with Gasteiger partial charge in [0, 0.05) is 19.2 Å². The summed E-state index contributed by atoms with van der Waals surface area (Å²) in [6.07, 6.45) is 0.311. The summed E-state index contributed by atoms with van der Waals surface area (Å²) < 4.78 is 22.0. The van der Waals surface area contributed by atoms with E-state index in [2.05, 4.69) is 5.32 Å². The summed E-state index contributed by atoms with van der Waals surface area (Å²) in [5.41, 5.74) is 0. The number of carbonyl (C=O) groups is 1. The van der Waals surface area contributed by atoms with Crippen LogP contribution in [0.3, 0.4) is 0 Å². The van der Waals surface area contributed by atoms with E-state index in [9.17, 15) is 9.36 Å². The molecule has 0 aromatic carbocycles. The summed E-state index contributed by atoms with van der Waals surface area (Å²) >= 11 is 1.07. The molecule has 0 bridgehead atoms. The van der Waals surface area contributed by atoms with E-state index in [0.29, 0.717) is 25.4 Å². The second-order valence-electron chi connectivity index (χ2n) is 2.54. The summed E-state index contributed by atoms with van der Waals surface area (Å²) in [4.78, 5) is 10.9. The predicted octanol–water partition coefficient (Wildman–Crippen LogP) is 2.04. The third-order valence-electron chi connectivity index (χ3n) is 1.43. The summed E-state index contributed by atoms with van der Waals surface area (Å²) in [6.45, 7) is 1.14. The molecule has 0 aliphatic rings. The van der Waals surface area contributed by atoms with Crippen LogP contribution in [0.25, 0.3) is 0 Å². The van der Waals surface area contributed by atoms with E-state index in [1.54, 1.807) is 20.9 Å². The maximum atomic E-state index is 11.9. The van der Waals surface area contributed by atoms with Crippen LogP contribution in [0.4, 0.5) is 0 Å². The lowest BCUT2D eigenvalue weighted by molar-refractivity contribution is -0.120. The van der Waals surface area contributed by atoms with Crippen molar-refractivity contribution in [1.29, 1.82) is 0 Å². The van der Waals surface area contributed by atoms with Crippen LogP contribution in [-0.2, 0) is 18.4 Å². The fourth-order valence-electron chi connectivity index (χ4n) is 0.803. The minimum absolute atomic E-state index is 0.0814. The van der Waals surface area contributed by atoms with Crippen molar-refractivity contribution in [2.75, 3.05) is 26.0 Å². The first kappa shape index (κ1) is 15.0. The van der Waals surface area contributed by atoms with Gasteiger partial charge in [0.1, 0.15) is 0 Å². The summed E-state index contributed by atoms with van der Waals surface area (Å²) in [7, 11) is 1.57. The molecule has 0 aliphatic carbocycles. The Hall–Kier alpha value is -0.0300. The van der Waals surface area contributed by atoms with Crippen molar-refractivity contribution in [2.45, 2.75) is 20.3 Å². The number of amides is 1. The molecule has 0 heterocycles. The SMILES string of the molecule is CCOP(=O)(OCC)SCCC(=O)NC. The number of nitrogens with one attached hydrogen (secondary N) is 1. The van der Waals surface area contributed by atoms with Gasteiger partial charge in [-0.3, -0.25) is 4.79 Å². The fourth-order valence-corrected chi connectivity index (χ4v) is 4.18. The standard InChI is InChI=1S/C8H18NO4PS/c1-4-12-14(11,13-5-2)15-7-6-8(10)9-3/h4-7H2,1-3H3,(H,9,10). The van der Waals surface area contributed by atoms with Gasteiger partial charge in [0.25, 0.3) is 0 Å². The maximum Gasteiger partial charge on any atom is 0.389 e. The second-order valence-corrected chi connectivity index (χ2v) is 6.73. The number of hydrogen-bond acceptors (Lipinski definition) is 5. The third-order valence-corrected chi connectivity index (χ3v) is 5.41. The van der Waals surface area contributed by atoms with Gasteiger partial charge >= 0.3 is 6.80 Å². The Morgan fingerprint density at radius 1 is 1.33 bits per heavy atom. The summed E-state index contributed by atoms with van der Waals surface area (Å²) in [5, 5.41) is 2.49.